The average Bonchev–Trinajstić information content (AvgIpc) is 2.51. The van der Waals surface area contributed by atoms with Crippen LogP contribution in [0.1, 0.15) is 18.5 Å². The van der Waals surface area contributed by atoms with Crippen molar-refractivity contribution in [2.75, 3.05) is 19.5 Å². The first kappa shape index (κ1) is 14.9. The zero-order valence-electron chi connectivity index (χ0n) is 12.6. The molecule has 2 aromatic rings. The van der Waals surface area contributed by atoms with E-state index in [-0.39, 0.29) is 11.6 Å². The van der Waals surface area contributed by atoms with Crippen LogP contribution in [0.4, 0.5) is 5.82 Å². The standard InChI is InChI=1S/C15H19N3O3/c1-10(17-14-15(19)18(2)8-7-16-14)11-5-6-12(20-3)13(9-11)21-4/h5-10H,1-4H3,(H,16,17). The Morgan fingerprint density at radius 2 is 1.95 bits per heavy atom. The van der Waals surface area contributed by atoms with Crippen LogP contribution in [-0.4, -0.2) is 23.8 Å². The number of benzene rings is 1. The van der Waals surface area contributed by atoms with E-state index in [1.165, 1.54) is 4.57 Å². The Balaban J connectivity index is 2.26. The Kier molecular flexibility index (Phi) is 4.47. The number of ether oxygens (including phenoxy) is 2. The minimum Gasteiger partial charge on any atom is -0.493 e. The van der Waals surface area contributed by atoms with E-state index >= 15 is 0 Å². The first-order valence-corrected chi connectivity index (χ1v) is 6.57. The molecule has 1 unspecified atom stereocenters. The van der Waals surface area contributed by atoms with Crippen molar-refractivity contribution in [3.8, 4) is 11.5 Å². The van der Waals surface area contributed by atoms with Gasteiger partial charge in [0.1, 0.15) is 0 Å². The molecular weight excluding hydrogens is 270 g/mol. The number of nitrogens with one attached hydrogen (secondary N) is 1. The highest BCUT2D eigenvalue weighted by Crippen LogP contribution is 2.30. The van der Waals surface area contributed by atoms with Gasteiger partial charge in [-0.15, -0.1) is 0 Å². The van der Waals surface area contributed by atoms with Gasteiger partial charge in [0.2, 0.25) is 0 Å². The van der Waals surface area contributed by atoms with Crippen LogP contribution in [0.25, 0.3) is 0 Å². The molecule has 0 radical (unpaired) electrons. The van der Waals surface area contributed by atoms with Gasteiger partial charge in [0, 0.05) is 19.4 Å². The average molecular weight is 289 g/mol. The molecule has 6 heteroatoms. The molecule has 1 aromatic heterocycles. The number of hydrogen-bond donors (Lipinski definition) is 1. The third-order valence-electron chi connectivity index (χ3n) is 3.28. The third-order valence-corrected chi connectivity index (χ3v) is 3.28. The second kappa shape index (κ2) is 6.30. The summed E-state index contributed by atoms with van der Waals surface area (Å²) in [6.45, 7) is 1.95. The lowest BCUT2D eigenvalue weighted by atomic mass is 10.1. The zero-order chi connectivity index (χ0) is 15.4. The minimum atomic E-state index is -0.162. The predicted molar refractivity (Wildman–Crippen MR) is 81.1 cm³/mol. The van der Waals surface area contributed by atoms with E-state index in [0.717, 1.165) is 5.56 Å². The Bertz CT molecular complexity index is 682. The van der Waals surface area contributed by atoms with Crippen molar-refractivity contribution < 1.29 is 9.47 Å². The van der Waals surface area contributed by atoms with E-state index in [0.29, 0.717) is 17.3 Å². The van der Waals surface area contributed by atoms with Crippen LogP contribution in [0.15, 0.2) is 35.4 Å². The highest BCUT2D eigenvalue weighted by atomic mass is 16.5. The summed E-state index contributed by atoms with van der Waals surface area (Å²) < 4.78 is 12.0. The zero-order valence-corrected chi connectivity index (χ0v) is 12.6. The highest BCUT2D eigenvalue weighted by Gasteiger charge is 2.12. The quantitative estimate of drug-likeness (QED) is 0.911. The normalized spacial score (nSPS) is 11.8. The van der Waals surface area contributed by atoms with Gasteiger partial charge in [-0.05, 0) is 24.6 Å². The molecule has 0 aliphatic rings. The fourth-order valence-electron chi connectivity index (χ4n) is 2.01. The number of aryl methyl sites for hydroxylation is 1. The van der Waals surface area contributed by atoms with Crippen LogP contribution < -0.4 is 20.3 Å². The molecule has 1 aromatic carbocycles. The van der Waals surface area contributed by atoms with E-state index < -0.39 is 0 Å². The summed E-state index contributed by atoms with van der Waals surface area (Å²) in [5, 5.41) is 3.12. The summed E-state index contributed by atoms with van der Waals surface area (Å²) in [7, 11) is 4.88. The van der Waals surface area contributed by atoms with Crippen LogP contribution in [-0.2, 0) is 7.05 Å². The van der Waals surface area contributed by atoms with E-state index in [9.17, 15) is 4.79 Å². The number of aromatic nitrogens is 2. The van der Waals surface area contributed by atoms with Crippen LogP contribution in [0.5, 0.6) is 11.5 Å². The Labute approximate surface area is 123 Å². The monoisotopic (exact) mass is 289 g/mol. The number of methoxy groups -OCH3 is 2. The second-order valence-corrected chi connectivity index (χ2v) is 4.67. The van der Waals surface area contributed by atoms with Crippen molar-refractivity contribution in [1.29, 1.82) is 0 Å². The van der Waals surface area contributed by atoms with Gasteiger partial charge in [-0.3, -0.25) is 4.79 Å². The molecule has 0 saturated heterocycles. The van der Waals surface area contributed by atoms with Gasteiger partial charge >= 0.3 is 0 Å². The Morgan fingerprint density at radius 1 is 1.24 bits per heavy atom. The van der Waals surface area contributed by atoms with Crippen LogP contribution >= 0.6 is 0 Å². The number of anilines is 1. The van der Waals surface area contributed by atoms with E-state index in [2.05, 4.69) is 10.3 Å². The smallest absolute Gasteiger partial charge is 0.293 e. The summed E-state index contributed by atoms with van der Waals surface area (Å²) in [6, 6.07) is 5.55. The Morgan fingerprint density at radius 3 is 2.62 bits per heavy atom. The van der Waals surface area contributed by atoms with Gasteiger partial charge in [0.05, 0.1) is 20.3 Å². The molecule has 2 rings (SSSR count). The maximum Gasteiger partial charge on any atom is 0.293 e. The molecule has 1 N–H and O–H groups in total. The number of hydrogen-bond acceptors (Lipinski definition) is 5. The fraction of sp³-hybridized carbons (Fsp3) is 0.333. The first-order chi connectivity index (χ1) is 10.1. The number of nitrogens with zero attached hydrogens (tertiary/aromatic N) is 2. The predicted octanol–water partition coefficient (Wildman–Crippen LogP) is 1.97. The summed E-state index contributed by atoms with van der Waals surface area (Å²) >= 11 is 0. The lowest BCUT2D eigenvalue weighted by molar-refractivity contribution is 0.354. The van der Waals surface area contributed by atoms with Crippen LogP contribution in [0.2, 0.25) is 0 Å². The molecule has 112 valence electrons. The summed E-state index contributed by atoms with van der Waals surface area (Å²) in [6.07, 6.45) is 3.21. The third kappa shape index (κ3) is 3.16. The Hall–Kier alpha value is -2.50. The van der Waals surface area contributed by atoms with Crippen molar-refractivity contribution in [3.63, 3.8) is 0 Å². The van der Waals surface area contributed by atoms with Gasteiger partial charge < -0.3 is 19.4 Å². The lowest BCUT2D eigenvalue weighted by Gasteiger charge is -2.16. The van der Waals surface area contributed by atoms with Gasteiger partial charge in [0.25, 0.3) is 5.56 Å². The van der Waals surface area contributed by atoms with Crippen molar-refractivity contribution >= 4 is 5.82 Å². The van der Waals surface area contributed by atoms with Gasteiger partial charge in [0.15, 0.2) is 17.3 Å². The van der Waals surface area contributed by atoms with E-state index in [1.54, 1.807) is 33.7 Å². The molecule has 0 fully saturated rings. The van der Waals surface area contributed by atoms with Gasteiger partial charge in [-0.25, -0.2) is 4.98 Å². The molecule has 21 heavy (non-hydrogen) atoms. The number of rotatable bonds is 5. The molecular formula is C15H19N3O3. The highest BCUT2D eigenvalue weighted by molar-refractivity contribution is 5.45. The molecule has 1 heterocycles. The summed E-state index contributed by atoms with van der Waals surface area (Å²) in [4.78, 5) is 16.0. The van der Waals surface area contributed by atoms with Gasteiger partial charge in [-0.2, -0.15) is 0 Å². The fourth-order valence-corrected chi connectivity index (χ4v) is 2.01. The molecule has 0 aliphatic carbocycles. The van der Waals surface area contributed by atoms with Crippen molar-refractivity contribution in [2.24, 2.45) is 7.05 Å². The molecule has 0 bridgehead atoms. The maximum absolute atomic E-state index is 12.0. The topological polar surface area (TPSA) is 65.4 Å². The van der Waals surface area contributed by atoms with Crippen LogP contribution in [0, 0.1) is 0 Å². The molecule has 0 amide bonds. The SMILES string of the molecule is COc1ccc(C(C)Nc2nccn(C)c2=O)cc1OC. The second-order valence-electron chi connectivity index (χ2n) is 4.67. The van der Waals surface area contributed by atoms with Crippen molar-refractivity contribution in [1.82, 2.24) is 9.55 Å². The van der Waals surface area contributed by atoms with E-state index in [4.69, 9.17) is 9.47 Å². The lowest BCUT2D eigenvalue weighted by Crippen LogP contribution is -2.23. The van der Waals surface area contributed by atoms with Crippen molar-refractivity contribution in [2.45, 2.75) is 13.0 Å². The molecule has 6 nitrogen and oxygen atoms in total. The van der Waals surface area contributed by atoms with Gasteiger partial charge in [-0.1, -0.05) is 6.07 Å². The first-order valence-electron chi connectivity index (χ1n) is 6.57. The maximum atomic E-state index is 12.0. The van der Waals surface area contributed by atoms with E-state index in [1.807, 2.05) is 25.1 Å². The summed E-state index contributed by atoms with van der Waals surface area (Å²) in [5.74, 6) is 1.64. The van der Waals surface area contributed by atoms with Crippen molar-refractivity contribution in [3.05, 3.63) is 46.5 Å². The minimum absolute atomic E-state index is 0.0904. The summed E-state index contributed by atoms with van der Waals surface area (Å²) in [5.41, 5.74) is 0.810. The molecule has 0 aliphatic heterocycles. The molecule has 0 saturated carbocycles. The molecule has 0 spiro atoms. The largest absolute Gasteiger partial charge is 0.493 e. The molecule has 1 atom stereocenters. The van der Waals surface area contributed by atoms with Crippen LogP contribution in [0.3, 0.4) is 0 Å².